The van der Waals surface area contributed by atoms with Crippen LogP contribution < -0.4 is 5.32 Å². The van der Waals surface area contributed by atoms with Crippen LogP contribution in [-0.4, -0.2) is 86.1 Å². The first-order chi connectivity index (χ1) is 15.3. The van der Waals surface area contributed by atoms with E-state index in [1.165, 1.54) is 6.42 Å². The van der Waals surface area contributed by atoms with Crippen LogP contribution in [0.25, 0.3) is 0 Å². The lowest BCUT2D eigenvalue weighted by Gasteiger charge is -2.44. The molecule has 3 fully saturated rings. The molecule has 2 heterocycles. The maximum absolute atomic E-state index is 9.85. The lowest BCUT2D eigenvalue weighted by atomic mass is 9.81. The van der Waals surface area contributed by atoms with E-state index in [1.807, 2.05) is 0 Å². The van der Waals surface area contributed by atoms with Crippen molar-refractivity contribution in [1.29, 1.82) is 5.26 Å². The number of nitrogens with zero attached hydrogens (tertiary/aromatic N) is 3. The van der Waals surface area contributed by atoms with Crippen molar-refractivity contribution < 1.29 is 9.47 Å². The molecule has 6 heteroatoms. The van der Waals surface area contributed by atoms with Gasteiger partial charge in [0.15, 0.2) is 0 Å². The van der Waals surface area contributed by atoms with Crippen molar-refractivity contribution in [1.82, 2.24) is 15.1 Å². The van der Waals surface area contributed by atoms with Gasteiger partial charge in [-0.25, -0.2) is 0 Å². The summed E-state index contributed by atoms with van der Waals surface area (Å²) in [6.07, 6.45) is 4.74. The van der Waals surface area contributed by atoms with Crippen LogP contribution in [0.1, 0.15) is 74.1 Å². The first-order valence-corrected chi connectivity index (χ1v) is 13.2. The number of hydrogen-bond acceptors (Lipinski definition) is 6. The lowest BCUT2D eigenvalue weighted by Crippen LogP contribution is -2.54. The molecule has 0 aromatic rings. The molecule has 0 aromatic heterocycles. The van der Waals surface area contributed by atoms with Gasteiger partial charge in [0.2, 0.25) is 0 Å². The van der Waals surface area contributed by atoms with E-state index in [0.717, 1.165) is 78.4 Å². The van der Waals surface area contributed by atoms with Crippen molar-refractivity contribution in [2.45, 2.75) is 91.3 Å². The molecule has 0 bridgehead atoms. The molecular formula is C27H50N4O2. The van der Waals surface area contributed by atoms with Gasteiger partial charge in [0.1, 0.15) is 0 Å². The molecule has 2 aliphatic heterocycles. The number of hydrogen-bond donors (Lipinski definition) is 1. The van der Waals surface area contributed by atoms with Crippen molar-refractivity contribution in [3.63, 3.8) is 0 Å². The van der Waals surface area contributed by atoms with E-state index >= 15 is 0 Å². The van der Waals surface area contributed by atoms with Crippen molar-refractivity contribution in [3.8, 4) is 6.07 Å². The molecule has 3 atom stereocenters. The zero-order chi connectivity index (χ0) is 24.3. The maximum Gasteiger partial charge on any atom is 0.0730 e. The standard InChI is InChI=1S/C27H50N4O2/c1-24(2,3)29-21-27(20-28)17-22(27)16-25(4,5)8-9-30-10-15-33-23(19-30)18-26(6,7)31-11-13-32-14-12-31/h22-23,29H,8-19,21H2,1-7H3. The number of nitrogens with one attached hydrogen (secondary N) is 1. The number of ether oxygens (including phenoxy) is 2. The van der Waals surface area contributed by atoms with Crippen LogP contribution >= 0.6 is 0 Å². The molecule has 33 heavy (non-hydrogen) atoms. The first-order valence-electron chi connectivity index (χ1n) is 13.2. The minimum absolute atomic E-state index is 0.0652. The Morgan fingerprint density at radius 2 is 1.70 bits per heavy atom. The van der Waals surface area contributed by atoms with Gasteiger partial charge in [-0.05, 0) is 78.2 Å². The Morgan fingerprint density at radius 3 is 2.33 bits per heavy atom. The molecule has 0 radical (unpaired) electrons. The van der Waals surface area contributed by atoms with Crippen LogP contribution in [0, 0.1) is 28.1 Å². The van der Waals surface area contributed by atoms with E-state index in [4.69, 9.17) is 9.47 Å². The van der Waals surface area contributed by atoms with E-state index in [0.29, 0.717) is 12.0 Å². The molecule has 3 rings (SSSR count). The van der Waals surface area contributed by atoms with E-state index in [1.54, 1.807) is 0 Å². The number of nitriles is 1. The van der Waals surface area contributed by atoms with Crippen LogP contribution in [0.3, 0.4) is 0 Å². The predicted octanol–water partition coefficient (Wildman–Crippen LogP) is 3.91. The molecule has 6 nitrogen and oxygen atoms in total. The average Bonchev–Trinajstić information content (AvgIpc) is 3.43. The second kappa shape index (κ2) is 10.5. The third-order valence-electron chi connectivity index (χ3n) is 8.11. The molecule has 1 N–H and O–H groups in total. The molecule has 3 aliphatic rings. The van der Waals surface area contributed by atoms with Crippen molar-refractivity contribution in [2.24, 2.45) is 16.7 Å². The van der Waals surface area contributed by atoms with Gasteiger partial charge in [-0.3, -0.25) is 9.80 Å². The summed E-state index contributed by atoms with van der Waals surface area (Å²) < 4.78 is 11.7. The first kappa shape index (κ1) is 26.9. The van der Waals surface area contributed by atoms with E-state index in [9.17, 15) is 5.26 Å². The molecular weight excluding hydrogens is 412 g/mol. The van der Waals surface area contributed by atoms with Gasteiger partial charge >= 0.3 is 0 Å². The van der Waals surface area contributed by atoms with Crippen LogP contribution in [-0.2, 0) is 9.47 Å². The minimum Gasteiger partial charge on any atom is -0.379 e. The monoisotopic (exact) mass is 462 g/mol. The second-order valence-corrected chi connectivity index (χ2v) is 13.3. The lowest BCUT2D eigenvalue weighted by molar-refractivity contribution is -0.0726. The van der Waals surface area contributed by atoms with E-state index < -0.39 is 0 Å². The normalized spacial score (nSPS) is 30.2. The van der Waals surface area contributed by atoms with Gasteiger partial charge in [0, 0.05) is 43.8 Å². The summed E-state index contributed by atoms with van der Waals surface area (Å²) in [5.41, 5.74) is 0.311. The van der Waals surface area contributed by atoms with Crippen LogP contribution in [0.2, 0.25) is 0 Å². The molecule has 1 saturated carbocycles. The van der Waals surface area contributed by atoms with Gasteiger partial charge < -0.3 is 14.8 Å². The van der Waals surface area contributed by atoms with Gasteiger partial charge in [0.05, 0.1) is 37.4 Å². The second-order valence-electron chi connectivity index (χ2n) is 13.3. The van der Waals surface area contributed by atoms with Crippen molar-refractivity contribution in [3.05, 3.63) is 0 Å². The SMILES string of the molecule is CC(C)(CCN1CCOC(CC(C)(C)N2CCOCC2)C1)CC1CC1(C#N)CNC(C)(C)C. The summed E-state index contributed by atoms with van der Waals surface area (Å²) in [6.45, 7) is 24.6. The summed E-state index contributed by atoms with van der Waals surface area (Å²) in [5, 5.41) is 13.4. The third-order valence-corrected chi connectivity index (χ3v) is 8.11. The van der Waals surface area contributed by atoms with Crippen LogP contribution in [0.4, 0.5) is 0 Å². The summed E-state index contributed by atoms with van der Waals surface area (Å²) in [7, 11) is 0. The largest absolute Gasteiger partial charge is 0.379 e. The quantitative estimate of drug-likeness (QED) is 0.531. The summed E-state index contributed by atoms with van der Waals surface area (Å²) in [4.78, 5) is 5.17. The molecule has 190 valence electrons. The van der Waals surface area contributed by atoms with E-state index in [2.05, 4.69) is 69.7 Å². The Labute approximate surface area is 203 Å². The maximum atomic E-state index is 9.85. The summed E-state index contributed by atoms with van der Waals surface area (Å²) in [5.74, 6) is 0.527. The average molecular weight is 463 g/mol. The van der Waals surface area contributed by atoms with Gasteiger partial charge in [0.25, 0.3) is 0 Å². The Bertz CT molecular complexity index is 675. The van der Waals surface area contributed by atoms with Crippen LogP contribution in [0.5, 0.6) is 0 Å². The molecule has 1 aliphatic carbocycles. The molecule has 0 aromatic carbocycles. The smallest absolute Gasteiger partial charge is 0.0730 e. The fourth-order valence-electron chi connectivity index (χ4n) is 5.66. The Morgan fingerprint density at radius 1 is 1.00 bits per heavy atom. The summed E-state index contributed by atoms with van der Waals surface area (Å²) >= 11 is 0. The van der Waals surface area contributed by atoms with E-state index in [-0.39, 0.29) is 21.9 Å². The van der Waals surface area contributed by atoms with Gasteiger partial charge in [-0.1, -0.05) is 13.8 Å². The highest BCUT2D eigenvalue weighted by Crippen LogP contribution is 2.57. The van der Waals surface area contributed by atoms with Gasteiger partial charge in [-0.2, -0.15) is 5.26 Å². The summed E-state index contributed by atoms with van der Waals surface area (Å²) in [6, 6.07) is 2.66. The minimum atomic E-state index is -0.153. The highest BCUT2D eigenvalue weighted by atomic mass is 16.5. The molecule has 3 unspecified atom stereocenters. The molecule has 2 saturated heterocycles. The van der Waals surface area contributed by atoms with Crippen molar-refractivity contribution in [2.75, 3.05) is 59.1 Å². The highest BCUT2D eigenvalue weighted by Gasteiger charge is 2.56. The zero-order valence-corrected chi connectivity index (χ0v) is 22.5. The fraction of sp³-hybridized carbons (Fsp3) is 0.963. The zero-order valence-electron chi connectivity index (χ0n) is 22.5. The number of rotatable bonds is 10. The molecule has 0 amide bonds. The highest BCUT2D eigenvalue weighted by molar-refractivity contribution is 5.18. The predicted molar refractivity (Wildman–Crippen MR) is 134 cm³/mol. The fourth-order valence-corrected chi connectivity index (χ4v) is 5.66. The Kier molecular flexibility index (Phi) is 8.55. The molecule has 0 spiro atoms. The third kappa shape index (κ3) is 7.90. The van der Waals surface area contributed by atoms with Crippen LogP contribution in [0.15, 0.2) is 0 Å². The number of morpholine rings is 2. The topological polar surface area (TPSA) is 60.8 Å². The Hall–Kier alpha value is -0.710. The Balaban J connectivity index is 1.43. The van der Waals surface area contributed by atoms with Crippen molar-refractivity contribution >= 4 is 0 Å². The van der Waals surface area contributed by atoms with Gasteiger partial charge in [-0.15, -0.1) is 0 Å².